The number of nitrogens with zero attached hydrogens (tertiary/aromatic N) is 3. The zero-order chi connectivity index (χ0) is 25.3. The normalized spacial score (nSPS) is 16.5. The molecule has 0 aliphatic carbocycles. The summed E-state index contributed by atoms with van der Waals surface area (Å²) in [6.45, 7) is 3.58. The molecule has 1 saturated heterocycles. The van der Waals surface area contributed by atoms with Crippen molar-refractivity contribution in [2.75, 3.05) is 19.7 Å². The van der Waals surface area contributed by atoms with Gasteiger partial charge in [0, 0.05) is 18.7 Å². The van der Waals surface area contributed by atoms with Gasteiger partial charge in [0.1, 0.15) is 5.75 Å². The summed E-state index contributed by atoms with van der Waals surface area (Å²) in [5.74, 6) is 0.115. The second-order valence-corrected chi connectivity index (χ2v) is 9.16. The SMILES string of the molecule is CCCCCCCCCCOc1ccc(-c2noc([C@@H]3CCCN(C(=N)N)C3)n2)cc1C(F)(F)F. The van der Waals surface area contributed by atoms with Crippen molar-refractivity contribution in [2.24, 2.45) is 5.73 Å². The van der Waals surface area contributed by atoms with E-state index in [-0.39, 0.29) is 35.6 Å². The van der Waals surface area contributed by atoms with Gasteiger partial charge in [-0.2, -0.15) is 18.2 Å². The Hall–Kier alpha value is -2.78. The maximum atomic E-state index is 13.8. The molecule has 3 rings (SSSR count). The van der Waals surface area contributed by atoms with Gasteiger partial charge in [0.25, 0.3) is 0 Å². The summed E-state index contributed by atoms with van der Waals surface area (Å²) in [5, 5.41) is 11.5. The number of benzene rings is 1. The molecular formula is C25H36F3N5O2. The van der Waals surface area contributed by atoms with Gasteiger partial charge in [0.2, 0.25) is 11.7 Å². The fraction of sp³-hybridized carbons (Fsp3) is 0.640. The van der Waals surface area contributed by atoms with E-state index in [1.54, 1.807) is 4.90 Å². The summed E-state index contributed by atoms with van der Waals surface area (Å²) in [5.41, 5.74) is 4.95. The first-order valence-electron chi connectivity index (χ1n) is 12.6. The number of hydrogen-bond acceptors (Lipinski definition) is 5. The van der Waals surface area contributed by atoms with E-state index in [1.807, 2.05) is 0 Å². The average Bonchev–Trinajstić information content (AvgIpc) is 3.33. The lowest BCUT2D eigenvalue weighted by Gasteiger charge is -2.30. The number of guanidine groups is 1. The summed E-state index contributed by atoms with van der Waals surface area (Å²) in [6, 6.07) is 3.87. The molecule has 0 bridgehead atoms. The molecule has 3 N–H and O–H groups in total. The summed E-state index contributed by atoms with van der Waals surface area (Å²) in [4.78, 5) is 6.07. The molecule has 1 aliphatic rings. The number of unbranched alkanes of at least 4 members (excludes halogenated alkanes) is 7. The molecule has 10 heteroatoms. The molecule has 0 spiro atoms. The van der Waals surface area contributed by atoms with Crippen molar-refractivity contribution >= 4 is 5.96 Å². The molecule has 0 unspecified atom stereocenters. The van der Waals surface area contributed by atoms with Gasteiger partial charge in [-0.15, -0.1) is 0 Å². The van der Waals surface area contributed by atoms with Gasteiger partial charge in [-0.3, -0.25) is 5.41 Å². The predicted octanol–water partition coefficient (Wildman–Crippen LogP) is 6.35. The molecule has 1 aromatic carbocycles. The van der Waals surface area contributed by atoms with E-state index in [9.17, 15) is 13.2 Å². The highest BCUT2D eigenvalue weighted by Gasteiger charge is 2.35. The third-order valence-corrected chi connectivity index (χ3v) is 6.35. The first kappa shape index (κ1) is 26.8. The Labute approximate surface area is 204 Å². The van der Waals surface area contributed by atoms with E-state index in [2.05, 4.69) is 17.1 Å². The molecule has 1 aliphatic heterocycles. The second-order valence-electron chi connectivity index (χ2n) is 9.16. The molecule has 0 amide bonds. The van der Waals surface area contributed by atoms with Crippen LogP contribution in [0.25, 0.3) is 11.4 Å². The first-order chi connectivity index (χ1) is 16.8. The van der Waals surface area contributed by atoms with Crippen molar-refractivity contribution in [3.8, 4) is 17.1 Å². The highest BCUT2D eigenvalue weighted by Crippen LogP contribution is 2.39. The molecule has 2 heterocycles. The minimum absolute atomic E-state index is 0.0215. The van der Waals surface area contributed by atoms with Crippen LogP contribution < -0.4 is 10.5 Å². The zero-order valence-corrected chi connectivity index (χ0v) is 20.4. The van der Waals surface area contributed by atoms with Crippen molar-refractivity contribution in [3.63, 3.8) is 0 Å². The van der Waals surface area contributed by atoms with Gasteiger partial charge >= 0.3 is 6.18 Å². The van der Waals surface area contributed by atoms with Crippen LogP contribution in [0.2, 0.25) is 0 Å². The zero-order valence-electron chi connectivity index (χ0n) is 20.4. The molecule has 1 fully saturated rings. The maximum Gasteiger partial charge on any atom is 0.419 e. The lowest BCUT2D eigenvalue weighted by Crippen LogP contribution is -2.42. The summed E-state index contributed by atoms with van der Waals surface area (Å²) >= 11 is 0. The number of nitrogens with one attached hydrogen (secondary N) is 1. The van der Waals surface area contributed by atoms with Crippen LogP contribution >= 0.6 is 0 Å². The van der Waals surface area contributed by atoms with Crippen LogP contribution in [-0.2, 0) is 6.18 Å². The largest absolute Gasteiger partial charge is 0.493 e. The molecule has 0 saturated carbocycles. The van der Waals surface area contributed by atoms with Crippen molar-refractivity contribution in [3.05, 3.63) is 29.7 Å². The molecular weight excluding hydrogens is 459 g/mol. The predicted molar refractivity (Wildman–Crippen MR) is 128 cm³/mol. The first-order valence-corrected chi connectivity index (χ1v) is 12.6. The number of ether oxygens (including phenoxy) is 1. The lowest BCUT2D eigenvalue weighted by molar-refractivity contribution is -0.138. The number of alkyl halides is 3. The summed E-state index contributed by atoms with van der Waals surface area (Å²) < 4.78 is 52.1. The van der Waals surface area contributed by atoms with Gasteiger partial charge in [-0.25, -0.2) is 0 Å². The monoisotopic (exact) mass is 495 g/mol. The Morgan fingerprint density at radius 3 is 2.57 bits per heavy atom. The van der Waals surface area contributed by atoms with Crippen LogP contribution in [0.4, 0.5) is 13.2 Å². The van der Waals surface area contributed by atoms with E-state index in [4.69, 9.17) is 20.4 Å². The Kier molecular flexibility index (Phi) is 9.80. The Morgan fingerprint density at radius 1 is 1.17 bits per heavy atom. The molecule has 7 nitrogen and oxygen atoms in total. The molecule has 35 heavy (non-hydrogen) atoms. The van der Waals surface area contributed by atoms with E-state index >= 15 is 0 Å². The minimum Gasteiger partial charge on any atom is -0.493 e. The van der Waals surface area contributed by atoms with Crippen molar-refractivity contribution in [1.29, 1.82) is 5.41 Å². The van der Waals surface area contributed by atoms with Gasteiger partial charge in [-0.05, 0) is 37.5 Å². The average molecular weight is 496 g/mol. The minimum atomic E-state index is -4.57. The number of hydrogen-bond donors (Lipinski definition) is 2. The number of rotatable bonds is 12. The second kappa shape index (κ2) is 12.8. The standard InChI is InChI=1S/C25H36F3N5O2/c1-2-3-4-5-6-7-8-9-15-34-21-13-12-18(16-20(21)25(26,27)28)22-31-23(35-32-22)19-11-10-14-33(17-19)24(29)30/h12-13,16,19H,2-11,14-15,17H2,1H3,(H3,29,30)/t19-/m1/s1. The maximum absolute atomic E-state index is 13.8. The van der Waals surface area contributed by atoms with Crippen LogP contribution in [0, 0.1) is 5.41 Å². The van der Waals surface area contributed by atoms with Crippen molar-refractivity contribution in [1.82, 2.24) is 15.0 Å². The fourth-order valence-corrected chi connectivity index (χ4v) is 4.35. The van der Waals surface area contributed by atoms with E-state index in [0.717, 1.165) is 44.6 Å². The topological polar surface area (TPSA) is 101 Å². The van der Waals surface area contributed by atoms with Crippen molar-refractivity contribution < 1.29 is 22.4 Å². The number of likely N-dealkylation sites (tertiary alicyclic amines) is 1. The third-order valence-electron chi connectivity index (χ3n) is 6.35. The molecule has 0 radical (unpaired) electrons. The molecule has 194 valence electrons. The van der Waals surface area contributed by atoms with E-state index in [1.165, 1.54) is 37.8 Å². The molecule has 1 aromatic heterocycles. The molecule has 2 aromatic rings. The van der Waals surface area contributed by atoms with Gasteiger partial charge in [0.15, 0.2) is 5.96 Å². The number of nitrogens with two attached hydrogens (primary N) is 1. The number of aromatic nitrogens is 2. The highest BCUT2D eigenvalue weighted by atomic mass is 19.4. The molecule has 1 atom stereocenters. The van der Waals surface area contributed by atoms with E-state index < -0.39 is 11.7 Å². The van der Waals surface area contributed by atoms with Crippen LogP contribution in [0.5, 0.6) is 5.75 Å². The van der Waals surface area contributed by atoms with Crippen LogP contribution in [0.3, 0.4) is 0 Å². The number of piperidine rings is 1. The Bertz CT molecular complexity index is 947. The van der Waals surface area contributed by atoms with Gasteiger partial charge in [0.05, 0.1) is 18.1 Å². The van der Waals surface area contributed by atoms with Crippen LogP contribution in [0.1, 0.15) is 88.5 Å². The van der Waals surface area contributed by atoms with Crippen molar-refractivity contribution in [2.45, 2.75) is 83.2 Å². The lowest BCUT2D eigenvalue weighted by atomic mass is 9.98. The van der Waals surface area contributed by atoms with E-state index in [0.29, 0.717) is 19.0 Å². The Balaban J connectivity index is 1.60. The van der Waals surface area contributed by atoms with Gasteiger partial charge in [-0.1, -0.05) is 57.0 Å². The fourth-order valence-electron chi connectivity index (χ4n) is 4.35. The van der Waals surface area contributed by atoms with Crippen LogP contribution in [-0.4, -0.2) is 40.7 Å². The Morgan fingerprint density at radius 2 is 1.89 bits per heavy atom. The summed E-state index contributed by atoms with van der Waals surface area (Å²) in [6.07, 6.45) is 5.84. The summed E-state index contributed by atoms with van der Waals surface area (Å²) in [7, 11) is 0. The quantitative estimate of drug-likeness (QED) is 0.202. The smallest absolute Gasteiger partial charge is 0.419 e. The van der Waals surface area contributed by atoms with Crippen LogP contribution in [0.15, 0.2) is 22.7 Å². The van der Waals surface area contributed by atoms with Gasteiger partial charge < -0.3 is 19.9 Å². The highest BCUT2D eigenvalue weighted by molar-refractivity contribution is 5.74. The third kappa shape index (κ3) is 7.86. The number of halogens is 3.